The quantitative estimate of drug-likeness (QED) is 0.740. The number of nitrogens with zero attached hydrogens (tertiary/aromatic N) is 2. The molecule has 0 spiro atoms. The minimum Gasteiger partial charge on any atom is -0.480 e. The Bertz CT molecular complexity index is 374. The SMILES string of the molecule is CN1CCN(C(=O)C2(C(=O)O)CCC2)CC1(C)C. The first-order valence-electron chi connectivity index (χ1n) is 6.54. The first kappa shape index (κ1) is 13.3. The monoisotopic (exact) mass is 254 g/mol. The minimum absolute atomic E-state index is 0.0860. The van der Waals surface area contributed by atoms with E-state index in [0.717, 1.165) is 13.0 Å². The third kappa shape index (κ3) is 1.90. The summed E-state index contributed by atoms with van der Waals surface area (Å²) >= 11 is 0. The normalized spacial score (nSPS) is 26.5. The van der Waals surface area contributed by atoms with E-state index in [0.29, 0.717) is 25.9 Å². The third-order valence-corrected chi connectivity index (χ3v) is 4.63. The second-order valence-electron chi connectivity index (χ2n) is 6.20. The van der Waals surface area contributed by atoms with Gasteiger partial charge in [-0.3, -0.25) is 14.5 Å². The number of carbonyl (C=O) groups is 2. The lowest BCUT2D eigenvalue weighted by Gasteiger charge is -2.48. The number of aliphatic carboxylic acids is 1. The highest BCUT2D eigenvalue weighted by molar-refractivity contribution is 6.02. The number of carboxylic acid groups (broad SMARTS) is 1. The van der Waals surface area contributed by atoms with Gasteiger partial charge in [0, 0.05) is 25.2 Å². The number of amides is 1. The van der Waals surface area contributed by atoms with Crippen molar-refractivity contribution in [2.75, 3.05) is 26.7 Å². The van der Waals surface area contributed by atoms with Crippen LogP contribution in [0.1, 0.15) is 33.1 Å². The number of likely N-dealkylation sites (N-methyl/N-ethyl adjacent to an activating group) is 1. The molecule has 1 saturated heterocycles. The average molecular weight is 254 g/mol. The summed E-state index contributed by atoms with van der Waals surface area (Å²) in [5.41, 5.74) is -1.21. The largest absolute Gasteiger partial charge is 0.480 e. The molecule has 0 aromatic carbocycles. The van der Waals surface area contributed by atoms with Crippen LogP contribution >= 0.6 is 0 Å². The van der Waals surface area contributed by atoms with Gasteiger partial charge in [-0.2, -0.15) is 0 Å². The van der Waals surface area contributed by atoms with E-state index >= 15 is 0 Å². The summed E-state index contributed by atoms with van der Waals surface area (Å²) in [6.07, 6.45) is 1.83. The minimum atomic E-state index is -1.12. The lowest BCUT2D eigenvalue weighted by atomic mass is 9.67. The van der Waals surface area contributed by atoms with E-state index in [4.69, 9.17) is 0 Å². The average Bonchev–Trinajstić information content (AvgIpc) is 2.19. The van der Waals surface area contributed by atoms with E-state index in [1.54, 1.807) is 4.90 Å². The van der Waals surface area contributed by atoms with Crippen LogP contribution in [0.3, 0.4) is 0 Å². The van der Waals surface area contributed by atoms with Crippen LogP contribution in [0.2, 0.25) is 0 Å². The first-order valence-corrected chi connectivity index (χ1v) is 6.54. The molecule has 1 N–H and O–H groups in total. The lowest BCUT2D eigenvalue weighted by molar-refractivity contribution is -0.169. The maximum atomic E-state index is 12.5. The summed E-state index contributed by atoms with van der Waals surface area (Å²) in [7, 11) is 2.04. The summed E-state index contributed by atoms with van der Waals surface area (Å²) in [6, 6.07) is 0. The van der Waals surface area contributed by atoms with E-state index in [-0.39, 0.29) is 11.4 Å². The van der Waals surface area contributed by atoms with Crippen molar-refractivity contribution in [1.82, 2.24) is 9.80 Å². The standard InChI is InChI=1S/C13H22N2O3/c1-12(2)9-15(8-7-14(12)3)10(16)13(11(17)18)5-4-6-13/h4-9H2,1-3H3,(H,17,18). The number of piperazine rings is 1. The van der Waals surface area contributed by atoms with E-state index < -0.39 is 11.4 Å². The first-order chi connectivity index (χ1) is 8.29. The van der Waals surface area contributed by atoms with Crippen molar-refractivity contribution in [3.8, 4) is 0 Å². The lowest BCUT2D eigenvalue weighted by Crippen LogP contribution is -2.63. The van der Waals surface area contributed by atoms with Crippen molar-refractivity contribution in [3.63, 3.8) is 0 Å². The van der Waals surface area contributed by atoms with Gasteiger partial charge >= 0.3 is 5.97 Å². The van der Waals surface area contributed by atoms with Crippen LogP contribution in [-0.4, -0.2) is 59.0 Å². The summed E-state index contributed by atoms with van der Waals surface area (Å²) in [5, 5.41) is 9.31. The number of hydrogen-bond donors (Lipinski definition) is 1. The Hall–Kier alpha value is -1.10. The van der Waals surface area contributed by atoms with Crippen LogP contribution in [0.25, 0.3) is 0 Å². The molecule has 0 radical (unpaired) electrons. The summed E-state index contributed by atoms with van der Waals surface area (Å²) in [5.74, 6) is -1.13. The predicted octanol–water partition coefficient (Wildman–Crippen LogP) is 0.794. The van der Waals surface area contributed by atoms with E-state index in [2.05, 4.69) is 18.7 Å². The molecule has 1 aliphatic carbocycles. The van der Waals surface area contributed by atoms with Gasteiger partial charge in [0.25, 0.3) is 0 Å². The maximum Gasteiger partial charge on any atom is 0.319 e. The molecule has 0 aromatic heterocycles. The summed E-state index contributed by atoms with van der Waals surface area (Å²) in [4.78, 5) is 27.8. The molecule has 5 heteroatoms. The number of carbonyl (C=O) groups excluding carboxylic acids is 1. The third-order valence-electron chi connectivity index (χ3n) is 4.63. The zero-order valence-electron chi connectivity index (χ0n) is 11.4. The fourth-order valence-electron chi connectivity index (χ4n) is 2.77. The molecule has 102 valence electrons. The van der Waals surface area contributed by atoms with E-state index in [9.17, 15) is 14.7 Å². The highest BCUT2D eigenvalue weighted by Gasteiger charge is 2.53. The molecule has 2 rings (SSSR count). The van der Waals surface area contributed by atoms with Gasteiger partial charge in [0.1, 0.15) is 5.41 Å². The van der Waals surface area contributed by atoms with Crippen LogP contribution in [-0.2, 0) is 9.59 Å². The summed E-state index contributed by atoms with van der Waals surface area (Å²) in [6.45, 7) is 6.21. The number of carboxylic acids is 1. The van der Waals surface area contributed by atoms with Gasteiger partial charge < -0.3 is 10.0 Å². The topological polar surface area (TPSA) is 60.9 Å². The van der Waals surface area contributed by atoms with Crippen LogP contribution < -0.4 is 0 Å². The van der Waals surface area contributed by atoms with Gasteiger partial charge in [-0.1, -0.05) is 6.42 Å². The van der Waals surface area contributed by atoms with Gasteiger partial charge in [-0.05, 0) is 33.7 Å². The van der Waals surface area contributed by atoms with Crippen molar-refractivity contribution in [1.29, 1.82) is 0 Å². The fourth-order valence-corrected chi connectivity index (χ4v) is 2.77. The van der Waals surface area contributed by atoms with Crippen LogP contribution in [0, 0.1) is 5.41 Å². The van der Waals surface area contributed by atoms with Crippen molar-refractivity contribution in [2.24, 2.45) is 5.41 Å². The molecule has 0 bridgehead atoms. The van der Waals surface area contributed by atoms with E-state index in [1.807, 2.05) is 7.05 Å². The second-order valence-corrected chi connectivity index (χ2v) is 6.20. The Balaban J connectivity index is 2.13. The Morgan fingerprint density at radius 2 is 1.78 bits per heavy atom. The van der Waals surface area contributed by atoms with E-state index in [1.165, 1.54) is 0 Å². The molecule has 1 aliphatic heterocycles. The molecule has 5 nitrogen and oxygen atoms in total. The molecular formula is C13H22N2O3. The Morgan fingerprint density at radius 1 is 1.17 bits per heavy atom. The molecule has 1 saturated carbocycles. The number of rotatable bonds is 2. The zero-order valence-corrected chi connectivity index (χ0v) is 11.4. The molecular weight excluding hydrogens is 232 g/mol. The predicted molar refractivity (Wildman–Crippen MR) is 67.2 cm³/mol. The molecule has 1 heterocycles. The Kier molecular flexibility index (Phi) is 3.13. The Labute approximate surface area is 108 Å². The van der Waals surface area contributed by atoms with Crippen LogP contribution in [0.5, 0.6) is 0 Å². The van der Waals surface area contributed by atoms with Gasteiger partial charge in [-0.15, -0.1) is 0 Å². The molecule has 2 aliphatic rings. The van der Waals surface area contributed by atoms with Crippen molar-refractivity contribution >= 4 is 11.9 Å². The van der Waals surface area contributed by atoms with Gasteiger partial charge in [0.15, 0.2) is 0 Å². The molecule has 1 amide bonds. The number of hydrogen-bond acceptors (Lipinski definition) is 3. The maximum absolute atomic E-state index is 12.5. The molecule has 2 fully saturated rings. The van der Waals surface area contributed by atoms with Gasteiger partial charge in [0.05, 0.1) is 0 Å². The fraction of sp³-hybridized carbons (Fsp3) is 0.846. The molecule has 18 heavy (non-hydrogen) atoms. The Morgan fingerprint density at radius 3 is 2.17 bits per heavy atom. The molecule has 0 atom stereocenters. The van der Waals surface area contributed by atoms with Gasteiger partial charge in [-0.25, -0.2) is 0 Å². The van der Waals surface area contributed by atoms with Crippen LogP contribution in [0.4, 0.5) is 0 Å². The van der Waals surface area contributed by atoms with Crippen LogP contribution in [0.15, 0.2) is 0 Å². The van der Waals surface area contributed by atoms with Crippen molar-refractivity contribution < 1.29 is 14.7 Å². The summed E-state index contributed by atoms with van der Waals surface area (Å²) < 4.78 is 0. The van der Waals surface area contributed by atoms with Crippen molar-refractivity contribution in [3.05, 3.63) is 0 Å². The van der Waals surface area contributed by atoms with Crippen molar-refractivity contribution in [2.45, 2.75) is 38.6 Å². The smallest absolute Gasteiger partial charge is 0.319 e. The highest BCUT2D eigenvalue weighted by Crippen LogP contribution is 2.43. The molecule has 0 unspecified atom stereocenters. The second kappa shape index (κ2) is 4.23. The zero-order chi connectivity index (χ0) is 13.6. The molecule has 0 aromatic rings. The van der Waals surface area contributed by atoms with Gasteiger partial charge in [0.2, 0.25) is 5.91 Å². The highest BCUT2D eigenvalue weighted by atomic mass is 16.4.